The molecule has 58 valence electrons. The number of nitrogens with zero attached hydrogens (tertiary/aromatic N) is 1. The summed E-state index contributed by atoms with van der Waals surface area (Å²) < 4.78 is 0.146. The number of carbonyl (C=O) groups excluding carboxylic acids is 2. The number of urea groups is 1. The first-order chi connectivity index (χ1) is 4.63. The molecule has 10 heavy (non-hydrogen) atoms. The number of hydrogen-bond acceptors (Lipinski definition) is 3. The average Bonchev–Trinajstić information content (AvgIpc) is 2.00. The van der Waals surface area contributed by atoms with Crippen molar-refractivity contribution in [2.75, 3.05) is 6.61 Å². The monoisotopic (exact) mass is 186 g/mol. The van der Waals surface area contributed by atoms with Crippen molar-refractivity contribution in [3.8, 4) is 0 Å². The molecule has 0 aliphatic carbocycles. The van der Waals surface area contributed by atoms with Crippen LogP contribution in [0.15, 0.2) is 0 Å². The van der Waals surface area contributed by atoms with E-state index in [0.717, 1.165) is 0 Å². The Labute approximate surface area is 66.7 Å². The molecule has 3 amide bonds. The van der Waals surface area contributed by atoms with Crippen LogP contribution in [-0.2, 0) is 4.79 Å². The minimum atomic E-state index is -0.998. The SMILES string of the molecule is O=C(CO)N(Cl)C(=O)NCl. The fourth-order valence-electron chi connectivity index (χ4n) is 0.212. The maximum Gasteiger partial charge on any atom is 0.353 e. The van der Waals surface area contributed by atoms with Gasteiger partial charge in [0.2, 0.25) is 0 Å². The van der Waals surface area contributed by atoms with Crippen molar-refractivity contribution in [3.63, 3.8) is 0 Å². The summed E-state index contributed by atoms with van der Waals surface area (Å²) in [4.78, 5) is 22.2. The second-order valence-electron chi connectivity index (χ2n) is 1.23. The van der Waals surface area contributed by atoms with Gasteiger partial charge < -0.3 is 5.11 Å². The van der Waals surface area contributed by atoms with Crippen LogP contribution in [-0.4, -0.2) is 28.1 Å². The number of nitrogens with one attached hydrogen (secondary N) is 1. The van der Waals surface area contributed by atoms with E-state index < -0.39 is 18.5 Å². The van der Waals surface area contributed by atoms with Crippen molar-refractivity contribution in [1.82, 2.24) is 9.25 Å². The third kappa shape index (κ3) is 2.38. The van der Waals surface area contributed by atoms with Crippen LogP contribution in [0, 0.1) is 0 Å². The number of halogens is 2. The van der Waals surface area contributed by atoms with Gasteiger partial charge in [0.05, 0.1) is 0 Å². The van der Waals surface area contributed by atoms with Crippen LogP contribution in [0.3, 0.4) is 0 Å². The third-order valence-corrected chi connectivity index (χ3v) is 1.12. The van der Waals surface area contributed by atoms with Gasteiger partial charge in [0, 0.05) is 23.6 Å². The Bertz CT molecular complexity index is 135. The number of aliphatic hydroxyl groups is 1. The number of hydrogen-bond donors (Lipinski definition) is 2. The first-order valence-electron chi connectivity index (χ1n) is 2.13. The van der Waals surface area contributed by atoms with Gasteiger partial charge in [-0.05, 0) is 0 Å². The van der Waals surface area contributed by atoms with Crippen molar-refractivity contribution in [3.05, 3.63) is 0 Å². The predicted octanol–water partition coefficient (Wildman–Crippen LogP) is -0.175. The summed E-state index contributed by atoms with van der Waals surface area (Å²) in [6.45, 7) is -0.839. The molecule has 0 saturated carbocycles. The Morgan fingerprint density at radius 1 is 1.60 bits per heavy atom. The Hall–Kier alpha value is -0.520. The normalized spacial score (nSPS) is 8.70. The van der Waals surface area contributed by atoms with E-state index in [1.807, 2.05) is 0 Å². The Morgan fingerprint density at radius 2 is 2.10 bits per heavy atom. The van der Waals surface area contributed by atoms with E-state index in [9.17, 15) is 9.59 Å². The summed E-state index contributed by atoms with van der Waals surface area (Å²) in [5.41, 5.74) is 0. The van der Waals surface area contributed by atoms with Crippen LogP contribution >= 0.6 is 23.6 Å². The summed E-state index contributed by atoms with van der Waals surface area (Å²) in [6.07, 6.45) is 0. The Morgan fingerprint density at radius 3 is 2.40 bits per heavy atom. The van der Waals surface area contributed by atoms with Gasteiger partial charge >= 0.3 is 6.03 Å². The lowest BCUT2D eigenvalue weighted by Gasteiger charge is -2.06. The summed E-state index contributed by atoms with van der Waals surface area (Å²) in [5.74, 6) is -0.945. The second-order valence-corrected chi connectivity index (χ2v) is 1.76. The molecule has 0 aromatic rings. The molecule has 0 aliphatic rings. The van der Waals surface area contributed by atoms with Crippen LogP contribution in [0.25, 0.3) is 0 Å². The van der Waals surface area contributed by atoms with Gasteiger partial charge in [-0.3, -0.25) is 4.79 Å². The molecule has 0 radical (unpaired) electrons. The van der Waals surface area contributed by atoms with Crippen LogP contribution in [0.4, 0.5) is 4.79 Å². The van der Waals surface area contributed by atoms with Crippen molar-refractivity contribution in [2.24, 2.45) is 0 Å². The highest BCUT2D eigenvalue weighted by atomic mass is 35.5. The number of carbonyl (C=O) groups is 2. The first-order valence-corrected chi connectivity index (χ1v) is 2.85. The fourth-order valence-corrected chi connectivity index (χ4v) is 0.436. The van der Waals surface area contributed by atoms with Gasteiger partial charge in [-0.25, -0.2) is 9.63 Å². The molecule has 2 N–H and O–H groups in total. The molecule has 0 aromatic heterocycles. The average molecular weight is 187 g/mol. The lowest BCUT2D eigenvalue weighted by Crippen LogP contribution is -2.34. The molecule has 0 saturated heterocycles. The van der Waals surface area contributed by atoms with Gasteiger partial charge in [-0.2, -0.15) is 4.42 Å². The summed E-state index contributed by atoms with van der Waals surface area (Å²) in [6, 6.07) is -0.998. The molecular formula is C3H4Cl2N2O3. The third-order valence-electron chi connectivity index (χ3n) is 0.613. The minimum absolute atomic E-state index is 0.146. The largest absolute Gasteiger partial charge is 0.386 e. The highest BCUT2D eigenvalue weighted by Gasteiger charge is 2.16. The minimum Gasteiger partial charge on any atom is -0.386 e. The number of amides is 3. The molecule has 0 aliphatic heterocycles. The summed E-state index contributed by atoms with van der Waals surface area (Å²) in [7, 11) is 0. The molecule has 0 bridgehead atoms. The van der Waals surface area contributed by atoms with Gasteiger partial charge in [0.1, 0.15) is 6.61 Å². The molecule has 0 heterocycles. The fraction of sp³-hybridized carbons (Fsp3) is 0.333. The molecule has 0 unspecified atom stereocenters. The number of rotatable bonds is 1. The molecule has 5 nitrogen and oxygen atoms in total. The number of aliphatic hydroxyl groups excluding tert-OH is 1. The molecule has 0 fully saturated rings. The van der Waals surface area contributed by atoms with E-state index in [1.165, 1.54) is 0 Å². The van der Waals surface area contributed by atoms with Crippen molar-refractivity contribution < 1.29 is 14.7 Å². The van der Waals surface area contributed by atoms with Crippen LogP contribution in [0.5, 0.6) is 0 Å². The molecule has 0 spiro atoms. The highest BCUT2D eigenvalue weighted by Crippen LogP contribution is 1.95. The summed E-state index contributed by atoms with van der Waals surface area (Å²) in [5, 5.41) is 8.15. The van der Waals surface area contributed by atoms with E-state index in [-0.39, 0.29) is 4.42 Å². The lowest BCUT2D eigenvalue weighted by atomic mass is 10.6. The molecule has 0 atom stereocenters. The highest BCUT2D eigenvalue weighted by molar-refractivity contribution is 6.33. The van der Waals surface area contributed by atoms with Crippen LogP contribution in [0.2, 0.25) is 0 Å². The van der Waals surface area contributed by atoms with E-state index in [0.29, 0.717) is 0 Å². The number of imide groups is 1. The van der Waals surface area contributed by atoms with Crippen molar-refractivity contribution >= 4 is 35.5 Å². The van der Waals surface area contributed by atoms with Gasteiger partial charge in [-0.15, -0.1) is 0 Å². The van der Waals surface area contributed by atoms with Crippen LogP contribution < -0.4 is 4.84 Å². The zero-order chi connectivity index (χ0) is 8.15. The maximum absolute atomic E-state index is 10.3. The van der Waals surface area contributed by atoms with Crippen LogP contribution in [0.1, 0.15) is 0 Å². The zero-order valence-electron chi connectivity index (χ0n) is 4.67. The zero-order valence-corrected chi connectivity index (χ0v) is 6.19. The van der Waals surface area contributed by atoms with Crippen molar-refractivity contribution in [2.45, 2.75) is 0 Å². The smallest absolute Gasteiger partial charge is 0.353 e. The van der Waals surface area contributed by atoms with E-state index in [2.05, 4.69) is 0 Å². The van der Waals surface area contributed by atoms with E-state index in [1.54, 1.807) is 4.84 Å². The quantitative estimate of drug-likeness (QED) is 0.559. The maximum atomic E-state index is 10.3. The van der Waals surface area contributed by atoms with Gasteiger partial charge in [0.15, 0.2) is 0 Å². The standard InChI is InChI=1S/C3H4Cl2N2O3/c4-6-3(10)7(5)2(9)1-8/h8H,1H2,(H,6,10). The van der Waals surface area contributed by atoms with Gasteiger partial charge in [0.25, 0.3) is 5.91 Å². The summed E-state index contributed by atoms with van der Waals surface area (Å²) >= 11 is 9.80. The molecular weight excluding hydrogens is 183 g/mol. The first kappa shape index (κ1) is 9.48. The van der Waals surface area contributed by atoms with Gasteiger partial charge in [-0.1, -0.05) is 0 Å². The lowest BCUT2D eigenvalue weighted by molar-refractivity contribution is -0.127. The predicted molar refractivity (Wildman–Crippen MR) is 34.2 cm³/mol. The van der Waals surface area contributed by atoms with E-state index in [4.69, 9.17) is 28.7 Å². The topological polar surface area (TPSA) is 69.6 Å². The second kappa shape index (κ2) is 4.32. The molecule has 0 rings (SSSR count). The Kier molecular flexibility index (Phi) is 4.10. The molecule has 0 aromatic carbocycles. The molecule has 7 heteroatoms. The van der Waals surface area contributed by atoms with E-state index >= 15 is 0 Å². The Balaban J connectivity index is 3.94. The van der Waals surface area contributed by atoms with Crippen molar-refractivity contribution in [1.29, 1.82) is 0 Å².